The molecule has 0 bridgehead atoms. The van der Waals surface area contributed by atoms with E-state index in [9.17, 15) is 27.6 Å². The lowest BCUT2D eigenvalue weighted by Gasteiger charge is -2.16. The molecule has 13 heteroatoms. The third-order valence-electron chi connectivity index (χ3n) is 6.68. The molecule has 0 aliphatic carbocycles. The summed E-state index contributed by atoms with van der Waals surface area (Å²) in [6, 6.07) is 15.9. The molecule has 2 amide bonds. The molecular weight excluding hydrogens is 577 g/mol. The predicted molar refractivity (Wildman–Crippen MR) is 159 cm³/mol. The molecule has 0 spiro atoms. The predicted octanol–water partition coefficient (Wildman–Crippen LogP) is 5.50. The maximum atomic E-state index is 14.9. The average Bonchev–Trinajstić information content (AvgIpc) is 2.98. The number of carbonyl (C=O) groups excluding carboxylic acids is 1. The quantitative estimate of drug-likeness (QED) is 0.164. The number of fused-ring (bicyclic) bond motifs is 1. The largest absolute Gasteiger partial charge is 0.465 e. The Morgan fingerprint density at radius 3 is 2.34 bits per heavy atom. The van der Waals surface area contributed by atoms with Gasteiger partial charge in [0.05, 0.1) is 5.69 Å². The van der Waals surface area contributed by atoms with Crippen LogP contribution < -0.4 is 21.5 Å². The van der Waals surface area contributed by atoms with E-state index in [-0.39, 0.29) is 41.3 Å². The fraction of sp³-hybridized carbons (Fsp3) is 0.129. The summed E-state index contributed by atoms with van der Waals surface area (Å²) in [5.41, 5.74) is 0.586. The van der Waals surface area contributed by atoms with Crippen molar-refractivity contribution >= 4 is 34.7 Å². The van der Waals surface area contributed by atoms with Crippen molar-refractivity contribution in [1.29, 1.82) is 0 Å². The van der Waals surface area contributed by atoms with E-state index >= 15 is 0 Å². The zero-order valence-corrected chi connectivity index (χ0v) is 23.2. The number of rotatable bonds is 9. The molecule has 224 valence electrons. The van der Waals surface area contributed by atoms with Crippen LogP contribution in [0.1, 0.15) is 22.3 Å². The van der Waals surface area contributed by atoms with Gasteiger partial charge in [-0.15, -0.1) is 0 Å². The summed E-state index contributed by atoms with van der Waals surface area (Å²) in [5.74, 6) is -2.90. The van der Waals surface area contributed by atoms with Gasteiger partial charge < -0.3 is 21.1 Å². The van der Waals surface area contributed by atoms with Gasteiger partial charge in [0.1, 0.15) is 23.1 Å². The van der Waals surface area contributed by atoms with Gasteiger partial charge in [0.15, 0.2) is 5.65 Å². The lowest BCUT2D eigenvalue weighted by atomic mass is 9.99. The Labute approximate surface area is 248 Å². The maximum absolute atomic E-state index is 14.9. The number of hydrogen-bond acceptors (Lipinski definition) is 6. The Morgan fingerprint density at radius 1 is 0.909 bits per heavy atom. The summed E-state index contributed by atoms with van der Waals surface area (Å²) in [6.45, 7) is 2.13. The van der Waals surface area contributed by atoms with Crippen LogP contribution >= 0.6 is 0 Å². The standard InChI is InChI=1S/C31H25F3N6O4/c1-17-6-7-18(29(42)37-20-10-8-19(32)9-11-20)16-22(17)26-21-12-13-25(41)40(27-23(33)4-2-5-24(27)34)28(21)39-30(38-26)35-14-3-15-36-31(43)44/h2,4-13,16,36H,3,14-15H2,1H3,(H,37,42)(H,43,44)(H,35,38,39). The van der Waals surface area contributed by atoms with Gasteiger partial charge in [0, 0.05) is 41.4 Å². The van der Waals surface area contributed by atoms with Crippen molar-refractivity contribution < 1.29 is 27.9 Å². The lowest BCUT2D eigenvalue weighted by molar-refractivity contribution is 0.102. The van der Waals surface area contributed by atoms with Gasteiger partial charge in [-0.2, -0.15) is 4.98 Å². The molecule has 0 atom stereocenters. The zero-order valence-electron chi connectivity index (χ0n) is 23.2. The van der Waals surface area contributed by atoms with Crippen molar-refractivity contribution in [2.45, 2.75) is 13.3 Å². The minimum Gasteiger partial charge on any atom is -0.465 e. The third-order valence-corrected chi connectivity index (χ3v) is 6.68. The summed E-state index contributed by atoms with van der Waals surface area (Å²) in [5, 5.41) is 17.0. The molecule has 0 fully saturated rings. The van der Waals surface area contributed by atoms with E-state index in [0.29, 0.717) is 23.2 Å². The first-order valence-corrected chi connectivity index (χ1v) is 13.4. The Kier molecular flexibility index (Phi) is 8.56. The highest BCUT2D eigenvalue weighted by Crippen LogP contribution is 2.32. The van der Waals surface area contributed by atoms with Crippen molar-refractivity contribution in [3.63, 3.8) is 0 Å². The molecule has 10 nitrogen and oxygen atoms in total. The van der Waals surface area contributed by atoms with E-state index in [0.717, 1.165) is 22.8 Å². The maximum Gasteiger partial charge on any atom is 0.404 e. The fourth-order valence-electron chi connectivity index (χ4n) is 4.56. The summed E-state index contributed by atoms with van der Waals surface area (Å²) in [6.07, 6.45) is -0.825. The molecule has 3 aromatic carbocycles. The van der Waals surface area contributed by atoms with Gasteiger partial charge in [0.25, 0.3) is 11.5 Å². The van der Waals surface area contributed by atoms with E-state index in [1.807, 2.05) is 0 Å². The number of carbonyl (C=O) groups is 2. The Hall–Kier alpha value is -5.72. The smallest absolute Gasteiger partial charge is 0.404 e. The molecule has 0 aliphatic rings. The highest BCUT2D eigenvalue weighted by molar-refractivity contribution is 6.05. The van der Waals surface area contributed by atoms with Gasteiger partial charge in [-0.3, -0.25) is 14.2 Å². The van der Waals surface area contributed by atoms with E-state index in [2.05, 4.69) is 25.9 Å². The van der Waals surface area contributed by atoms with E-state index < -0.39 is 40.7 Å². The van der Waals surface area contributed by atoms with Crippen LogP contribution in [-0.4, -0.2) is 44.7 Å². The molecule has 0 aliphatic heterocycles. The number of anilines is 2. The van der Waals surface area contributed by atoms with Gasteiger partial charge >= 0.3 is 6.09 Å². The SMILES string of the molecule is Cc1ccc(C(=O)Nc2ccc(F)cc2)cc1-c1nc(NCCCNC(=O)O)nc2c1ccc(=O)n2-c1c(F)cccc1F. The van der Waals surface area contributed by atoms with Gasteiger partial charge in [-0.1, -0.05) is 12.1 Å². The van der Waals surface area contributed by atoms with Gasteiger partial charge in [-0.25, -0.2) is 22.9 Å². The van der Waals surface area contributed by atoms with Crippen molar-refractivity contribution in [3.8, 4) is 16.9 Å². The highest BCUT2D eigenvalue weighted by atomic mass is 19.1. The highest BCUT2D eigenvalue weighted by Gasteiger charge is 2.21. The van der Waals surface area contributed by atoms with Crippen molar-refractivity contribution in [2.24, 2.45) is 0 Å². The summed E-state index contributed by atoms with van der Waals surface area (Å²) in [4.78, 5) is 46.0. The lowest BCUT2D eigenvalue weighted by Crippen LogP contribution is -2.24. The molecule has 0 radical (unpaired) electrons. The minimum absolute atomic E-state index is 0.000473. The van der Waals surface area contributed by atoms with E-state index in [1.54, 1.807) is 25.1 Å². The molecule has 2 heterocycles. The minimum atomic E-state index is -1.18. The average molecular weight is 603 g/mol. The number of halogens is 3. The molecule has 44 heavy (non-hydrogen) atoms. The van der Waals surface area contributed by atoms with Crippen LogP contribution in [0, 0.1) is 24.4 Å². The first-order valence-electron chi connectivity index (χ1n) is 13.4. The molecule has 0 unspecified atom stereocenters. The van der Waals surface area contributed by atoms with Crippen LogP contribution in [0.3, 0.4) is 0 Å². The Bertz CT molecular complexity index is 1930. The monoisotopic (exact) mass is 602 g/mol. The van der Waals surface area contributed by atoms with Crippen LogP contribution in [0.5, 0.6) is 0 Å². The van der Waals surface area contributed by atoms with Crippen LogP contribution in [0.2, 0.25) is 0 Å². The Morgan fingerprint density at radius 2 is 1.64 bits per heavy atom. The topological polar surface area (TPSA) is 138 Å². The fourth-order valence-corrected chi connectivity index (χ4v) is 4.56. The number of amides is 2. The first-order chi connectivity index (χ1) is 21.1. The summed E-state index contributed by atoms with van der Waals surface area (Å²) >= 11 is 0. The number of pyridine rings is 1. The second kappa shape index (κ2) is 12.7. The summed E-state index contributed by atoms with van der Waals surface area (Å²) < 4.78 is 44.0. The molecule has 0 saturated carbocycles. The van der Waals surface area contributed by atoms with Crippen LogP contribution in [-0.2, 0) is 0 Å². The molecule has 5 rings (SSSR count). The molecule has 2 aromatic heterocycles. The van der Waals surface area contributed by atoms with E-state index in [1.165, 1.54) is 36.4 Å². The van der Waals surface area contributed by atoms with Crippen molar-refractivity contribution in [1.82, 2.24) is 19.9 Å². The second-order valence-corrected chi connectivity index (χ2v) is 9.71. The molecule has 5 aromatic rings. The molecule has 0 saturated heterocycles. The number of carboxylic acid groups (broad SMARTS) is 1. The first kappa shape index (κ1) is 29.8. The molecule has 4 N–H and O–H groups in total. The third kappa shape index (κ3) is 6.36. The van der Waals surface area contributed by atoms with Gasteiger partial charge in [0.2, 0.25) is 5.95 Å². The Balaban J connectivity index is 1.65. The van der Waals surface area contributed by atoms with Gasteiger partial charge in [-0.05, 0) is 73.5 Å². The number of aromatic nitrogens is 3. The molecular formula is C31H25F3N6O4. The zero-order chi connectivity index (χ0) is 31.4. The van der Waals surface area contributed by atoms with Crippen molar-refractivity contribution in [2.75, 3.05) is 23.7 Å². The van der Waals surface area contributed by atoms with Crippen LogP contribution in [0.4, 0.5) is 29.6 Å². The number of nitrogens with zero attached hydrogens (tertiary/aromatic N) is 3. The van der Waals surface area contributed by atoms with Crippen LogP contribution in [0.25, 0.3) is 28.0 Å². The normalized spacial score (nSPS) is 10.9. The number of nitrogens with one attached hydrogen (secondary N) is 3. The number of hydrogen-bond donors (Lipinski definition) is 4. The number of para-hydroxylation sites is 1. The van der Waals surface area contributed by atoms with Crippen LogP contribution in [0.15, 0.2) is 77.6 Å². The van der Waals surface area contributed by atoms with Crippen molar-refractivity contribution in [3.05, 3.63) is 112 Å². The number of benzene rings is 3. The second-order valence-electron chi connectivity index (χ2n) is 9.71. The summed E-state index contributed by atoms with van der Waals surface area (Å²) in [7, 11) is 0. The van der Waals surface area contributed by atoms with E-state index in [4.69, 9.17) is 5.11 Å². The number of aryl methyl sites for hydroxylation is 1.